The summed E-state index contributed by atoms with van der Waals surface area (Å²) in [6.45, 7) is 3.62. The molecule has 0 aliphatic carbocycles. The van der Waals surface area contributed by atoms with E-state index in [0.717, 1.165) is 10.8 Å². The first-order valence-corrected chi connectivity index (χ1v) is 15.4. The number of anilines is 2. The molecule has 3 saturated heterocycles. The number of amides is 3. The second kappa shape index (κ2) is 10.5. The van der Waals surface area contributed by atoms with Crippen molar-refractivity contribution < 1.29 is 19.5 Å². The van der Waals surface area contributed by atoms with Crippen LogP contribution in [0.2, 0.25) is 0 Å². The number of hydrogen-bond donors (Lipinski definition) is 3. The van der Waals surface area contributed by atoms with E-state index in [-0.39, 0.29) is 40.3 Å². The number of nitrogens with zero attached hydrogens (tertiary/aromatic N) is 1. The van der Waals surface area contributed by atoms with Crippen molar-refractivity contribution in [2.45, 2.75) is 47.2 Å². The van der Waals surface area contributed by atoms with Crippen LogP contribution < -0.4 is 10.6 Å². The molecule has 3 heterocycles. The molecule has 3 fully saturated rings. The summed E-state index contributed by atoms with van der Waals surface area (Å²) in [5.41, 5.74) is 1.32. The third kappa shape index (κ3) is 4.33. The summed E-state index contributed by atoms with van der Waals surface area (Å²) in [5.74, 6) is -2.09. The molecular weight excluding hydrogens is 590 g/mol. The number of carbonyl (C=O) groups is 3. The molecule has 9 heteroatoms. The van der Waals surface area contributed by atoms with Crippen molar-refractivity contribution in [2.24, 2.45) is 17.8 Å². The summed E-state index contributed by atoms with van der Waals surface area (Å²) in [4.78, 5) is 43.9. The Kier molecular flexibility index (Phi) is 7.17. The minimum atomic E-state index is -0.833. The highest BCUT2D eigenvalue weighted by Gasteiger charge is 2.76. The molecule has 3 N–H and O–H groups in total. The van der Waals surface area contributed by atoms with Crippen LogP contribution in [0.4, 0.5) is 11.4 Å². The first kappa shape index (κ1) is 27.3. The Morgan fingerprint density at radius 2 is 1.68 bits per heavy atom. The molecule has 3 aliphatic heterocycles. The Labute approximate surface area is 246 Å². The van der Waals surface area contributed by atoms with Crippen molar-refractivity contribution >= 4 is 67.6 Å². The molecule has 0 radical (unpaired) electrons. The van der Waals surface area contributed by atoms with Crippen molar-refractivity contribution in [3.8, 4) is 0 Å². The highest BCUT2D eigenvalue weighted by Crippen LogP contribution is 2.68. The van der Waals surface area contributed by atoms with Gasteiger partial charge in [-0.25, -0.2) is 0 Å². The van der Waals surface area contributed by atoms with Crippen molar-refractivity contribution in [2.75, 3.05) is 17.2 Å². The van der Waals surface area contributed by atoms with Crippen LogP contribution in [-0.4, -0.2) is 61.2 Å². The third-order valence-electron chi connectivity index (χ3n) is 8.65. The minimum absolute atomic E-state index is 0.0318. The predicted molar refractivity (Wildman–Crippen MR) is 162 cm³/mol. The van der Waals surface area contributed by atoms with Crippen molar-refractivity contribution in [3.63, 3.8) is 0 Å². The molecule has 3 aromatic carbocycles. The Bertz CT molecular complexity index is 1470. The predicted octanol–water partition coefficient (Wildman–Crippen LogP) is 4.90. The lowest BCUT2D eigenvalue weighted by molar-refractivity contribution is -0.142. The maximum Gasteiger partial charge on any atom is 0.248 e. The zero-order chi connectivity index (χ0) is 28.2. The van der Waals surface area contributed by atoms with Crippen LogP contribution in [0.15, 0.2) is 72.8 Å². The van der Waals surface area contributed by atoms with E-state index in [9.17, 15) is 19.5 Å². The van der Waals surface area contributed by atoms with Crippen LogP contribution in [0.3, 0.4) is 0 Å². The van der Waals surface area contributed by atoms with Crippen LogP contribution in [0.25, 0.3) is 10.8 Å². The van der Waals surface area contributed by atoms with E-state index in [4.69, 9.17) is 0 Å². The molecule has 208 valence electrons. The number of fused-ring (bicyclic) bond motifs is 2. The maximum absolute atomic E-state index is 14.3. The van der Waals surface area contributed by atoms with E-state index in [1.165, 1.54) is 0 Å². The Morgan fingerprint density at radius 3 is 2.38 bits per heavy atom. The number of halogens is 1. The molecule has 0 aromatic heterocycles. The largest absolute Gasteiger partial charge is 0.394 e. The number of aliphatic hydroxyl groups excluding tert-OH is 1. The van der Waals surface area contributed by atoms with Gasteiger partial charge >= 0.3 is 0 Å². The molecule has 3 amide bonds. The Morgan fingerprint density at radius 1 is 1.00 bits per heavy atom. The molecule has 0 saturated carbocycles. The average Bonchev–Trinajstić information content (AvgIpc) is 3.53. The fraction of sp³-hybridized carbons (Fsp3) is 0.387. The zero-order valence-electron chi connectivity index (χ0n) is 22.3. The van der Waals surface area contributed by atoms with Crippen molar-refractivity contribution in [3.05, 3.63) is 72.8 Å². The molecule has 40 heavy (non-hydrogen) atoms. The highest BCUT2D eigenvalue weighted by molar-refractivity contribution is 9.09. The summed E-state index contributed by atoms with van der Waals surface area (Å²) in [5, 5.41) is 18.4. The van der Waals surface area contributed by atoms with Gasteiger partial charge in [0.05, 0.1) is 29.2 Å². The van der Waals surface area contributed by atoms with Gasteiger partial charge in [-0.3, -0.25) is 14.4 Å². The first-order valence-electron chi connectivity index (χ1n) is 13.7. The van der Waals surface area contributed by atoms with Gasteiger partial charge in [-0.15, -0.1) is 11.8 Å². The number of thioether (sulfide) groups is 1. The second-order valence-corrected chi connectivity index (χ2v) is 14.0. The average molecular weight is 623 g/mol. The van der Waals surface area contributed by atoms with Crippen LogP contribution in [0.1, 0.15) is 20.3 Å². The lowest BCUT2D eigenvalue weighted by Gasteiger charge is -2.38. The first-order chi connectivity index (χ1) is 19.2. The van der Waals surface area contributed by atoms with Crippen molar-refractivity contribution in [1.82, 2.24) is 4.90 Å². The number of carbonyl (C=O) groups excluding carboxylic acids is 3. The third-order valence-corrected chi connectivity index (χ3v) is 11.9. The molecule has 2 bridgehead atoms. The van der Waals surface area contributed by atoms with E-state index in [0.29, 0.717) is 17.8 Å². The molecule has 7 nitrogen and oxygen atoms in total. The monoisotopic (exact) mass is 621 g/mol. The highest BCUT2D eigenvalue weighted by atomic mass is 79.9. The number of alkyl halides is 1. The standard InChI is InChI=1S/C31H32BrN3O4S/c1-17(2)23(16-36)35-27(29(38)34-21-13-12-18-8-6-7-9-19(18)14-21)31-15-22(32)26(40-31)24(25(31)30(35)39)28(37)33-20-10-4-3-5-11-20/h3-14,17,22-27,36H,15-16H2,1-2H3,(H,33,37)(H,34,38)/t22?,23-,24+,25-,26+,27?,31?/m0/s1. The number of likely N-dealkylation sites (tertiary alicyclic amines) is 1. The van der Waals surface area contributed by atoms with Crippen LogP contribution in [0, 0.1) is 17.8 Å². The topological polar surface area (TPSA) is 98.7 Å². The molecular formula is C31H32BrN3O4S. The number of nitrogens with one attached hydrogen (secondary N) is 2. The summed E-state index contributed by atoms with van der Waals surface area (Å²) in [6.07, 6.45) is 0.580. The lowest BCUT2D eigenvalue weighted by Crippen LogP contribution is -2.56. The fourth-order valence-electron chi connectivity index (χ4n) is 6.87. The number of para-hydroxylation sites is 1. The van der Waals surface area contributed by atoms with Crippen LogP contribution >= 0.6 is 27.7 Å². The van der Waals surface area contributed by atoms with Gasteiger partial charge in [-0.05, 0) is 47.4 Å². The van der Waals surface area contributed by atoms with Gasteiger partial charge in [0.25, 0.3) is 0 Å². The molecule has 3 aromatic rings. The van der Waals surface area contributed by atoms with Gasteiger partial charge in [-0.1, -0.05) is 78.3 Å². The number of benzene rings is 3. The van der Waals surface area contributed by atoms with E-state index >= 15 is 0 Å². The van der Waals surface area contributed by atoms with Gasteiger partial charge in [-0.2, -0.15) is 0 Å². The SMILES string of the molecule is CC(C)[C@H](CO)N1C(=O)[C@@H]2[C@@H](C(=O)Nc3ccccc3)[C@@H]3SC2(CC3Br)C1C(=O)Nc1ccc2ccccc2c1. The molecule has 3 aliphatic rings. The Balaban J connectivity index is 1.38. The quantitative estimate of drug-likeness (QED) is 0.326. The molecule has 6 rings (SSSR count). The number of hydrogen-bond acceptors (Lipinski definition) is 5. The van der Waals surface area contributed by atoms with E-state index in [2.05, 4.69) is 26.6 Å². The van der Waals surface area contributed by atoms with Gasteiger partial charge in [0.2, 0.25) is 17.7 Å². The van der Waals surface area contributed by atoms with Gasteiger partial charge in [0, 0.05) is 21.5 Å². The summed E-state index contributed by atoms with van der Waals surface area (Å²) >= 11 is 5.39. The summed E-state index contributed by atoms with van der Waals surface area (Å²) in [6, 6.07) is 21.5. The van der Waals surface area contributed by atoms with E-state index in [1.807, 2.05) is 86.6 Å². The minimum Gasteiger partial charge on any atom is -0.394 e. The van der Waals surface area contributed by atoms with Crippen LogP contribution in [-0.2, 0) is 14.4 Å². The maximum atomic E-state index is 14.3. The second-order valence-electron chi connectivity index (χ2n) is 11.3. The van der Waals surface area contributed by atoms with E-state index < -0.39 is 28.7 Å². The van der Waals surface area contributed by atoms with Gasteiger partial charge < -0.3 is 20.6 Å². The smallest absolute Gasteiger partial charge is 0.248 e. The van der Waals surface area contributed by atoms with Crippen LogP contribution in [0.5, 0.6) is 0 Å². The molecule has 7 atom stereocenters. The number of aliphatic hydroxyl groups is 1. The molecule has 3 unspecified atom stereocenters. The van der Waals surface area contributed by atoms with Gasteiger partial charge in [0.15, 0.2) is 0 Å². The van der Waals surface area contributed by atoms with Gasteiger partial charge in [0.1, 0.15) is 6.04 Å². The zero-order valence-corrected chi connectivity index (χ0v) is 24.7. The van der Waals surface area contributed by atoms with E-state index in [1.54, 1.807) is 16.7 Å². The normalized spacial score (nSPS) is 29.6. The fourth-order valence-corrected chi connectivity index (χ4v) is 10.5. The summed E-state index contributed by atoms with van der Waals surface area (Å²) < 4.78 is -0.794. The molecule has 1 spiro atoms. The number of rotatable bonds is 7. The Hall–Kier alpha value is -2.88. The lowest BCUT2D eigenvalue weighted by atomic mass is 9.70. The van der Waals surface area contributed by atoms with Crippen molar-refractivity contribution in [1.29, 1.82) is 0 Å². The summed E-state index contributed by atoms with van der Waals surface area (Å²) in [7, 11) is 0.